The second-order valence-electron chi connectivity index (χ2n) is 2.77. The lowest BCUT2D eigenvalue weighted by Crippen LogP contribution is -2.36. The number of rotatable bonds is 2. The average Bonchev–Trinajstić information content (AvgIpc) is 1.94. The van der Waals surface area contributed by atoms with Crippen LogP contribution in [0.3, 0.4) is 0 Å². The zero-order valence-corrected chi connectivity index (χ0v) is 7.06. The van der Waals surface area contributed by atoms with Gasteiger partial charge in [0.15, 0.2) is 0 Å². The molecule has 0 bridgehead atoms. The summed E-state index contributed by atoms with van der Waals surface area (Å²) in [5, 5.41) is 3.37. The van der Waals surface area contributed by atoms with Gasteiger partial charge in [0.1, 0.15) is 0 Å². The topological polar surface area (TPSA) is 12.0 Å². The zero-order valence-electron chi connectivity index (χ0n) is 6.31. The van der Waals surface area contributed by atoms with Crippen LogP contribution in [0.1, 0.15) is 13.3 Å². The third-order valence-corrected chi connectivity index (χ3v) is 2.24. The number of halogens is 1. The van der Waals surface area contributed by atoms with Crippen LogP contribution >= 0.6 is 11.6 Å². The van der Waals surface area contributed by atoms with Crippen LogP contribution < -0.4 is 5.32 Å². The number of alkyl halides is 1. The Morgan fingerprint density at radius 1 is 1.70 bits per heavy atom. The minimum Gasteiger partial charge on any atom is -0.310 e. The van der Waals surface area contributed by atoms with Crippen LogP contribution in [0, 0.1) is 5.92 Å². The van der Waals surface area contributed by atoms with Crippen molar-refractivity contribution >= 4 is 11.6 Å². The highest BCUT2D eigenvalue weighted by Gasteiger charge is 2.14. The Hall–Kier alpha value is -0.0100. The summed E-state index contributed by atoms with van der Waals surface area (Å²) in [5.74, 6) is 1.41. The molecule has 0 aromatic heterocycles. The maximum atomic E-state index is 5.64. The molecule has 0 aliphatic carbocycles. The Morgan fingerprint density at radius 2 is 2.50 bits per heavy atom. The molecule has 0 fully saturated rings. The third kappa shape index (κ3) is 1.99. The number of nitrogens with one attached hydrogen (secondary N) is 1. The third-order valence-electron chi connectivity index (χ3n) is 2.03. The van der Waals surface area contributed by atoms with Gasteiger partial charge >= 0.3 is 0 Å². The van der Waals surface area contributed by atoms with Gasteiger partial charge in [0.05, 0.1) is 0 Å². The predicted molar refractivity (Wildman–Crippen MR) is 45.4 cm³/mol. The van der Waals surface area contributed by atoms with Gasteiger partial charge in [0.25, 0.3) is 0 Å². The predicted octanol–water partition coefficient (Wildman–Crippen LogP) is 1.78. The normalized spacial score (nSPS) is 32.6. The van der Waals surface area contributed by atoms with Crippen LogP contribution in [0.25, 0.3) is 0 Å². The second-order valence-corrected chi connectivity index (χ2v) is 3.14. The minimum absolute atomic E-state index is 0.601. The van der Waals surface area contributed by atoms with Crippen molar-refractivity contribution < 1.29 is 0 Å². The highest BCUT2D eigenvalue weighted by molar-refractivity contribution is 6.17. The molecule has 0 aromatic carbocycles. The van der Waals surface area contributed by atoms with Crippen LogP contribution in [0.5, 0.6) is 0 Å². The van der Waals surface area contributed by atoms with E-state index in [-0.39, 0.29) is 0 Å². The summed E-state index contributed by atoms with van der Waals surface area (Å²) in [4.78, 5) is 0. The molecule has 0 aromatic rings. The van der Waals surface area contributed by atoms with Crippen molar-refractivity contribution in [3.05, 3.63) is 12.2 Å². The summed E-state index contributed by atoms with van der Waals surface area (Å²) >= 11 is 5.64. The summed E-state index contributed by atoms with van der Waals surface area (Å²) in [6, 6.07) is 0.601. The Bertz CT molecular complexity index is 122. The molecule has 0 saturated heterocycles. The smallest absolute Gasteiger partial charge is 0.0229 e. The lowest BCUT2D eigenvalue weighted by molar-refractivity contribution is 0.426. The minimum atomic E-state index is 0.601. The molecule has 2 unspecified atom stereocenters. The van der Waals surface area contributed by atoms with Gasteiger partial charge in [-0.15, -0.1) is 11.6 Å². The molecule has 10 heavy (non-hydrogen) atoms. The van der Waals surface area contributed by atoms with Crippen LogP contribution in [-0.2, 0) is 0 Å². The van der Waals surface area contributed by atoms with Crippen LogP contribution in [0.4, 0.5) is 0 Å². The van der Waals surface area contributed by atoms with E-state index in [2.05, 4.69) is 24.4 Å². The Labute approximate surface area is 67.5 Å². The first-order chi connectivity index (χ1) is 4.84. The molecule has 58 valence electrons. The van der Waals surface area contributed by atoms with Crippen LogP contribution in [0.15, 0.2) is 12.2 Å². The SMILES string of the molecule is CC1NCC=CC1CCCl. The van der Waals surface area contributed by atoms with Gasteiger partial charge in [-0.3, -0.25) is 0 Å². The van der Waals surface area contributed by atoms with E-state index in [1.54, 1.807) is 0 Å². The molecular formula is C8H14ClN. The fourth-order valence-corrected chi connectivity index (χ4v) is 1.54. The molecule has 0 radical (unpaired) electrons. The summed E-state index contributed by atoms with van der Waals surface area (Å²) in [5.41, 5.74) is 0. The Balaban J connectivity index is 2.39. The van der Waals surface area contributed by atoms with Crippen LogP contribution in [-0.4, -0.2) is 18.5 Å². The molecule has 2 atom stereocenters. The number of hydrogen-bond donors (Lipinski definition) is 1. The van der Waals surface area contributed by atoms with E-state index in [9.17, 15) is 0 Å². The second kappa shape index (κ2) is 3.99. The molecule has 1 heterocycles. The fourth-order valence-electron chi connectivity index (χ4n) is 1.29. The summed E-state index contributed by atoms with van der Waals surface area (Å²) in [6.07, 6.45) is 5.53. The van der Waals surface area contributed by atoms with Gasteiger partial charge in [0.2, 0.25) is 0 Å². The van der Waals surface area contributed by atoms with E-state index < -0.39 is 0 Å². The number of hydrogen-bond acceptors (Lipinski definition) is 1. The molecular weight excluding hydrogens is 146 g/mol. The van der Waals surface area contributed by atoms with Gasteiger partial charge in [-0.25, -0.2) is 0 Å². The van der Waals surface area contributed by atoms with E-state index in [4.69, 9.17) is 11.6 Å². The van der Waals surface area contributed by atoms with Gasteiger partial charge in [-0.05, 0) is 19.3 Å². The van der Waals surface area contributed by atoms with Crippen molar-refractivity contribution in [3.63, 3.8) is 0 Å². The molecule has 1 N–H and O–H groups in total. The van der Waals surface area contributed by atoms with Crippen molar-refractivity contribution in [2.75, 3.05) is 12.4 Å². The molecule has 0 saturated carbocycles. The van der Waals surface area contributed by atoms with E-state index in [1.807, 2.05) is 0 Å². The van der Waals surface area contributed by atoms with Crippen LogP contribution in [0.2, 0.25) is 0 Å². The lowest BCUT2D eigenvalue weighted by atomic mass is 9.95. The van der Waals surface area contributed by atoms with Crippen molar-refractivity contribution in [1.29, 1.82) is 0 Å². The average molecular weight is 160 g/mol. The molecule has 1 aliphatic heterocycles. The Kier molecular flexibility index (Phi) is 3.23. The summed E-state index contributed by atoms with van der Waals surface area (Å²) < 4.78 is 0. The highest BCUT2D eigenvalue weighted by Crippen LogP contribution is 2.14. The molecule has 1 aliphatic rings. The van der Waals surface area contributed by atoms with Gasteiger partial charge in [0, 0.05) is 18.5 Å². The van der Waals surface area contributed by atoms with E-state index in [0.717, 1.165) is 18.8 Å². The monoisotopic (exact) mass is 159 g/mol. The lowest BCUT2D eigenvalue weighted by Gasteiger charge is -2.24. The van der Waals surface area contributed by atoms with Gasteiger partial charge < -0.3 is 5.32 Å². The zero-order chi connectivity index (χ0) is 7.40. The van der Waals surface area contributed by atoms with E-state index in [0.29, 0.717) is 12.0 Å². The standard InChI is InChI=1S/C8H14ClN/c1-7-8(4-5-9)3-2-6-10-7/h2-3,7-8,10H,4-6H2,1H3. The molecule has 1 nitrogen and oxygen atoms in total. The largest absolute Gasteiger partial charge is 0.310 e. The summed E-state index contributed by atoms with van der Waals surface area (Å²) in [7, 11) is 0. The highest BCUT2D eigenvalue weighted by atomic mass is 35.5. The first-order valence-electron chi connectivity index (χ1n) is 3.80. The van der Waals surface area contributed by atoms with Crippen molar-refractivity contribution in [2.24, 2.45) is 5.92 Å². The quantitative estimate of drug-likeness (QED) is 0.479. The molecule has 2 heteroatoms. The summed E-state index contributed by atoms with van der Waals surface area (Å²) in [6.45, 7) is 3.22. The van der Waals surface area contributed by atoms with E-state index >= 15 is 0 Å². The maximum Gasteiger partial charge on any atom is 0.0229 e. The first kappa shape index (κ1) is 8.09. The molecule has 1 rings (SSSR count). The van der Waals surface area contributed by atoms with Crippen molar-refractivity contribution in [1.82, 2.24) is 5.32 Å². The molecule has 0 spiro atoms. The maximum absolute atomic E-state index is 5.64. The van der Waals surface area contributed by atoms with Crippen molar-refractivity contribution in [3.8, 4) is 0 Å². The van der Waals surface area contributed by atoms with Crippen molar-refractivity contribution in [2.45, 2.75) is 19.4 Å². The molecule has 0 amide bonds. The van der Waals surface area contributed by atoms with E-state index in [1.165, 1.54) is 0 Å². The van der Waals surface area contributed by atoms with Gasteiger partial charge in [-0.1, -0.05) is 12.2 Å². The van der Waals surface area contributed by atoms with Gasteiger partial charge in [-0.2, -0.15) is 0 Å². The Morgan fingerprint density at radius 3 is 3.10 bits per heavy atom. The fraction of sp³-hybridized carbons (Fsp3) is 0.750. The first-order valence-corrected chi connectivity index (χ1v) is 4.34.